The molecular formula is C13H19ClN2O3. The number of nitrogens with one attached hydrogen (secondary N) is 1. The number of hydrogen-bond donors (Lipinski definition) is 2. The molecule has 1 amide bonds. The highest BCUT2D eigenvalue weighted by molar-refractivity contribution is 5.85. The number of halogens is 1. The lowest BCUT2D eigenvalue weighted by Gasteiger charge is -2.11. The molecule has 0 unspecified atom stereocenters. The lowest BCUT2D eigenvalue weighted by Crippen LogP contribution is -2.20. The number of methoxy groups -OCH3 is 1. The van der Waals surface area contributed by atoms with Crippen molar-refractivity contribution in [3.63, 3.8) is 0 Å². The molecule has 6 heteroatoms. The molecule has 1 aliphatic rings. The molecule has 0 heterocycles. The molecule has 1 saturated carbocycles. The van der Waals surface area contributed by atoms with Crippen LogP contribution in [-0.4, -0.2) is 25.7 Å². The molecule has 0 spiro atoms. The first kappa shape index (κ1) is 15.6. The monoisotopic (exact) mass is 286 g/mol. The highest BCUT2D eigenvalue weighted by Crippen LogP contribution is 2.28. The summed E-state index contributed by atoms with van der Waals surface area (Å²) in [6.45, 7) is 0.674. The molecule has 106 valence electrons. The van der Waals surface area contributed by atoms with Crippen LogP contribution in [0.5, 0.6) is 11.5 Å². The van der Waals surface area contributed by atoms with Gasteiger partial charge in [-0.1, -0.05) is 6.07 Å². The quantitative estimate of drug-likeness (QED) is 0.791. The summed E-state index contributed by atoms with van der Waals surface area (Å²) in [6.07, 6.45) is 2.52. The topological polar surface area (TPSA) is 73.6 Å². The Bertz CT molecular complexity index is 436. The third-order valence-corrected chi connectivity index (χ3v) is 2.77. The summed E-state index contributed by atoms with van der Waals surface area (Å²) in [5, 5.41) is 3.42. The zero-order valence-corrected chi connectivity index (χ0v) is 11.7. The molecule has 0 aromatic heterocycles. The van der Waals surface area contributed by atoms with Crippen molar-refractivity contribution >= 4 is 18.3 Å². The van der Waals surface area contributed by atoms with Gasteiger partial charge in [0.05, 0.1) is 7.11 Å². The van der Waals surface area contributed by atoms with Gasteiger partial charge in [0, 0.05) is 12.6 Å². The highest BCUT2D eigenvalue weighted by Gasteiger charge is 2.20. The maximum Gasteiger partial charge on any atom is 0.255 e. The third-order valence-electron chi connectivity index (χ3n) is 2.77. The van der Waals surface area contributed by atoms with Crippen LogP contribution in [0.3, 0.4) is 0 Å². The fourth-order valence-corrected chi connectivity index (χ4v) is 1.64. The molecule has 1 aromatic rings. The molecule has 0 bridgehead atoms. The van der Waals surface area contributed by atoms with Crippen LogP contribution in [0.25, 0.3) is 0 Å². The fraction of sp³-hybridized carbons (Fsp3) is 0.462. The molecule has 3 N–H and O–H groups in total. The van der Waals surface area contributed by atoms with Crippen molar-refractivity contribution in [1.29, 1.82) is 0 Å². The standard InChI is InChI=1S/C13H18N2O3.ClH/c1-17-12-6-9(7-15-10-3-4-10)2-5-11(12)18-8-13(14)16;/h2,5-6,10,15H,3-4,7-8H2,1H3,(H2,14,16);1H. The molecule has 1 fully saturated rings. The van der Waals surface area contributed by atoms with Crippen molar-refractivity contribution in [2.75, 3.05) is 13.7 Å². The summed E-state index contributed by atoms with van der Waals surface area (Å²) >= 11 is 0. The predicted molar refractivity (Wildman–Crippen MR) is 74.8 cm³/mol. The number of carbonyl (C=O) groups excluding carboxylic acids is 1. The van der Waals surface area contributed by atoms with Crippen molar-refractivity contribution in [3.05, 3.63) is 23.8 Å². The van der Waals surface area contributed by atoms with E-state index in [2.05, 4.69) is 5.32 Å². The Morgan fingerprint density at radius 3 is 2.74 bits per heavy atom. The second-order valence-electron chi connectivity index (χ2n) is 4.40. The normalized spacial score (nSPS) is 13.5. The van der Waals surface area contributed by atoms with E-state index in [0.717, 1.165) is 12.1 Å². The minimum absolute atomic E-state index is 0. The van der Waals surface area contributed by atoms with Crippen molar-refractivity contribution in [3.8, 4) is 11.5 Å². The third kappa shape index (κ3) is 4.96. The maximum atomic E-state index is 10.7. The molecule has 0 aliphatic heterocycles. The van der Waals surface area contributed by atoms with Crippen LogP contribution in [0.15, 0.2) is 18.2 Å². The number of hydrogen-bond acceptors (Lipinski definition) is 4. The lowest BCUT2D eigenvalue weighted by atomic mass is 10.2. The van der Waals surface area contributed by atoms with E-state index in [1.54, 1.807) is 13.2 Å². The molecule has 0 atom stereocenters. The Kier molecular flexibility index (Phi) is 5.92. The van der Waals surface area contributed by atoms with Gasteiger partial charge in [-0.25, -0.2) is 0 Å². The number of nitrogens with two attached hydrogens (primary N) is 1. The fourth-order valence-electron chi connectivity index (χ4n) is 1.64. The number of carbonyl (C=O) groups is 1. The number of primary amides is 1. The van der Waals surface area contributed by atoms with Crippen LogP contribution in [0.4, 0.5) is 0 Å². The van der Waals surface area contributed by atoms with Crippen LogP contribution in [0.1, 0.15) is 18.4 Å². The highest BCUT2D eigenvalue weighted by atomic mass is 35.5. The van der Waals surface area contributed by atoms with Crippen LogP contribution in [0.2, 0.25) is 0 Å². The van der Waals surface area contributed by atoms with Gasteiger partial charge in [-0.3, -0.25) is 4.79 Å². The van der Waals surface area contributed by atoms with Crippen molar-refractivity contribution < 1.29 is 14.3 Å². The number of amides is 1. The second kappa shape index (κ2) is 7.21. The van der Waals surface area contributed by atoms with Gasteiger partial charge in [-0.2, -0.15) is 0 Å². The smallest absolute Gasteiger partial charge is 0.255 e. The second-order valence-corrected chi connectivity index (χ2v) is 4.40. The Labute approximate surface area is 118 Å². The van der Waals surface area contributed by atoms with E-state index >= 15 is 0 Å². The minimum atomic E-state index is -0.503. The maximum absolute atomic E-state index is 10.7. The Morgan fingerprint density at radius 1 is 1.42 bits per heavy atom. The molecule has 0 radical (unpaired) electrons. The molecule has 19 heavy (non-hydrogen) atoms. The summed E-state index contributed by atoms with van der Waals surface area (Å²) in [4.78, 5) is 10.7. The van der Waals surface area contributed by atoms with Gasteiger partial charge >= 0.3 is 0 Å². The molecular weight excluding hydrogens is 268 g/mol. The number of ether oxygens (including phenoxy) is 2. The van der Waals surface area contributed by atoms with Crippen molar-refractivity contribution in [2.45, 2.75) is 25.4 Å². The largest absolute Gasteiger partial charge is 0.493 e. The summed E-state index contributed by atoms with van der Waals surface area (Å²) in [6, 6.07) is 6.33. The molecule has 0 saturated heterocycles. The van der Waals surface area contributed by atoms with Crippen LogP contribution in [-0.2, 0) is 11.3 Å². The van der Waals surface area contributed by atoms with Gasteiger partial charge < -0.3 is 20.5 Å². The molecule has 1 aliphatic carbocycles. The van der Waals surface area contributed by atoms with Crippen molar-refractivity contribution in [1.82, 2.24) is 5.32 Å². The van der Waals surface area contributed by atoms with E-state index in [4.69, 9.17) is 15.2 Å². The van der Waals surface area contributed by atoms with Gasteiger partial charge in [0.2, 0.25) is 0 Å². The van der Waals surface area contributed by atoms with E-state index in [1.165, 1.54) is 12.8 Å². The Morgan fingerprint density at radius 2 is 2.16 bits per heavy atom. The first-order valence-corrected chi connectivity index (χ1v) is 6.00. The van der Waals surface area contributed by atoms with Gasteiger partial charge in [0.25, 0.3) is 5.91 Å². The van der Waals surface area contributed by atoms with Crippen LogP contribution in [0, 0.1) is 0 Å². The van der Waals surface area contributed by atoms with Gasteiger partial charge in [-0.05, 0) is 30.5 Å². The number of rotatable bonds is 7. The van der Waals surface area contributed by atoms with Gasteiger partial charge in [0.1, 0.15) is 0 Å². The molecule has 2 rings (SSSR count). The van der Waals surface area contributed by atoms with Gasteiger partial charge in [-0.15, -0.1) is 12.4 Å². The number of benzene rings is 1. The van der Waals surface area contributed by atoms with E-state index in [-0.39, 0.29) is 19.0 Å². The average Bonchev–Trinajstić information content (AvgIpc) is 3.18. The van der Waals surface area contributed by atoms with E-state index in [1.807, 2.05) is 12.1 Å². The van der Waals surface area contributed by atoms with Gasteiger partial charge in [0.15, 0.2) is 18.1 Å². The Hall–Kier alpha value is -1.46. The molecule has 1 aromatic carbocycles. The SMILES string of the molecule is COc1cc(CNC2CC2)ccc1OCC(N)=O.Cl. The van der Waals surface area contributed by atoms with Crippen LogP contribution < -0.4 is 20.5 Å². The van der Waals surface area contributed by atoms with E-state index in [0.29, 0.717) is 17.5 Å². The first-order chi connectivity index (χ1) is 8.69. The van der Waals surface area contributed by atoms with E-state index < -0.39 is 5.91 Å². The summed E-state index contributed by atoms with van der Waals surface area (Å²) in [5.74, 6) is 0.648. The Balaban J connectivity index is 0.00000180. The zero-order valence-electron chi connectivity index (χ0n) is 10.8. The average molecular weight is 287 g/mol. The zero-order chi connectivity index (χ0) is 13.0. The minimum Gasteiger partial charge on any atom is -0.493 e. The first-order valence-electron chi connectivity index (χ1n) is 6.00. The lowest BCUT2D eigenvalue weighted by molar-refractivity contribution is -0.119. The summed E-state index contributed by atoms with van der Waals surface area (Å²) < 4.78 is 10.5. The summed E-state index contributed by atoms with van der Waals surface area (Å²) in [7, 11) is 1.57. The predicted octanol–water partition coefficient (Wildman–Crippen LogP) is 1.23. The van der Waals surface area contributed by atoms with Crippen LogP contribution >= 0.6 is 12.4 Å². The molecule has 5 nitrogen and oxygen atoms in total. The van der Waals surface area contributed by atoms with Crippen molar-refractivity contribution in [2.24, 2.45) is 5.73 Å². The summed E-state index contributed by atoms with van der Waals surface area (Å²) in [5.41, 5.74) is 6.16. The van der Waals surface area contributed by atoms with E-state index in [9.17, 15) is 4.79 Å².